The number of aromatic hydroxyl groups is 1. The summed E-state index contributed by atoms with van der Waals surface area (Å²) in [6.45, 7) is 11.8. The number of phenols is 1. The number of sulfonamides is 1. The normalized spacial score (nSPS) is 13.1. The Hall–Kier alpha value is -2.94. The van der Waals surface area contributed by atoms with Gasteiger partial charge in [-0.05, 0) is 62.2 Å². The molecule has 0 amide bonds. The van der Waals surface area contributed by atoms with Crippen LogP contribution in [0.5, 0.6) is 17.4 Å². The Kier molecular flexibility index (Phi) is 6.83. The van der Waals surface area contributed by atoms with Crippen LogP contribution in [0.15, 0.2) is 53.4 Å². The molecule has 7 nitrogen and oxygen atoms in total. The van der Waals surface area contributed by atoms with Crippen LogP contribution in [0.2, 0.25) is 0 Å². The average Bonchev–Trinajstić information content (AvgIpc) is 2.69. The molecule has 33 heavy (non-hydrogen) atoms. The van der Waals surface area contributed by atoms with E-state index in [0.717, 1.165) is 28.5 Å². The monoisotopic (exact) mass is 470 g/mol. The molecule has 1 aromatic heterocycles. The third-order valence-electron chi connectivity index (χ3n) is 5.15. The van der Waals surface area contributed by atoms with Crippen LogP contribution >= 0.6 is 0 Å². The van der Waals surface area contributed by atoms with Crippen LogP contribution in [-0.2, 0) is 15.4 Å². The highest BCUT2D eigenvalue weighted by Gasteiger charge is 2.26. The number of aliphatic hydroxyl groups is 1. The zero-order chi connectivity index (χ0) is 24.6. The Morgan fingerprint density at radius 3 is 2.21 bits per heavy atom. The van der Waals surface area contributed by atoms with E-state index < -0.39 is 16.3 Å². The molecule has 8 heteroatoms. The van der Waals surface area contributed by atoms with Crippen LogP contribution in [0.4, 0.5) is 0 Å². The third-order valence-corrected chi connectivity index (χ3v) is 6.56. The van der Waals surface area contributed by atoms with E-state index in [9.17, 15) is 18.6 Å². The number of pyridine rings is 1. The van der Waals surface area contributed by atoms with Crippen molar-refractivity contribution in [1.82, 2.24) is 9.71 Å². The van der Waals surface area contributed by atoms with Crippen LogP contribution in [0.25, 0.3) is 0 Å². The van der Waals surface area contributed by atoms with E-state index in [4.69, 9.17) is 4.74 Å². The number of hydrogen-bond donors (Lipinski definition) is 3. The molecule has 0 aliphatic carbocycles. The number of phenolic OH excluding ortho intramolecular Hbond substituents is 1. The summed E-state index contributed by atoms with van der Waals surface area (Å²) in [7, 11) is -4.12. The largest absolute Gasteiger partial charge is 0.508 e. The number of nitrogens with one attached hydrogen (secondary N) is 1. The Balaban J connectivity index is 2.04. The fourth-order valence-corrected chi connectivity index (χ4v) is 4.60. The first-order valence-electron chi connectivity index (χ1n) is 10.5. The van der Waals surface area contributed by atoms with E-state index in [2.05, 4.69) is 9.71 Å². The van der Waals surface area contributed by atoms with Gasteiger partial charge in [-0.1, -0.05) is 44.5 Å². The summed E-state index contributed by atoms with van der Waals surface area (Å²) in [5, 5.41) is 20.5. The molecule has 0 bridgehead atoms. The van der Waals surface area contributed by atoms with Gasteiger partial charge in [0.15, 0.2) is 0 Å². The molecule has 2 aromatic carbocycles. The molecular weight excluding hydrogens is 440 g/mol. The van der Waals surface area contributed by atoms with E-state index in [1.54, 1.807) is 12.1 Å². The van der Waals surface area contributed by atoms with Gasteiger partial charge in [-0.2, -0.15) is 4.72 Å². The molecule has 0 fully saturated rings. The second-order valence-corrected chi connectivity index (χ2v) is 10.9. The average molecular weight is 471 g/mol. The van der Waals surface area contributed by atoms with Gasteiger partial charge in [0.2, 0.25) is 15.9 Å². The highest BCUT2D eigenvalue weighted by atomic mass is 32.2. The number of nitrogens with zero attached hydrogens (tertiary/aromatic N) is 1. The fourth-order valence-electron chi connectivity index (χ4n) is 3.51. The summed E-state index contributed by atoms with van der Waals surface area (Å²) < 4.78 is 33.9. The molecule has 0 saturated heterocycles. The Morgan fingerprint density at radius 1 is 1.00 bits per heavy atom. The predicted molar refractivity (Wildman–Crippen MR) is 127 cm³/mol. The van der Waals surface area contributed by atoms with Crippen molar-refractivity contribution >= 4 is 10.0 Å². The standard InChI is InChI=1S/C25H30N2O5S/c1-15-12-16(2)22(17(3)13-15)32-24-20(10-11-21(26-24)25(4,5)6)23(29)27-33(30,31)19-9-7-8-18(28)14-19/h7-14,23,27-29H,1-6H3. The third kappa shape index (κ3) is 5.71. The number of rotatable bonds is 6. The molecule has 1 heterocycles. The maximum atomic E-state index is 12.8. The number of benzene rings is 2. The van der Waals surface area contributed by atoms with Crippen LogP contribution in [0.1, 0.15) is 54.9 Å². The van der Waals surface area contributed by atoms with E-state index in [1.165, 1.54) is 18.2 Å². The van der Waals surface area contributed by atoms with Gasteiger partial charge < -0.3 is 14.9 Å². The molecule has 0 aliphatic heterocycles. The Bertz CT molecular complexity index is 1260. The van der Waals surface area contributed by atoms with E-state index in [0.29, 0.717) is 5.75 Å². The van der Waals surface area contributed by atoms with Crippen molar-refractivity contribution < 1.29 is 23.4 Å². The zero-order valence-electron chi connectivity index (χ0n) is 19.7. The van der Waals surface area contributed by atoms with E-state index >= 15 is 0 Å². The molecule has 0 saturated carbocycles. The van der Waals surface area contributed by atoms with Gasteiger partial charge in [0, 0.05) is 11.1 Å². The quantitative estimate of drug-likeness (QED) is 0.448. The smallest absolute Gasteiger partial charge is 0.243 e. The number of ether oxygens (including phenoxy) is 1. The summed E-state index contributed by atoms with van der Waals surface area (Å²) in [6.07, 6.45) is -1.63. The van der Waals surface area contributed by atoms with Crippen molar-refractivity contribution in [3.05, 3.63) is 76.5 Å². The first-order chi connectivity index (χ1) is 15.3. The predicted octanol–water partition coefficient (Wildman–Crippen LogP) is 4.77. The van der Waals surface area contributed by atoms with Gasteiger partial charge in [-0.25, -0.2) is 13.4 Å². The van der Waals surface area contributed by atoms with Gasteiger partial charge >= 0.3 is 0 Å². The first kappa shape index (κ1) is 24.7. The lowest BCUT2D eigenvalue weighted by atomic mass is 9.91. The van der Waals surface area contributed by atoms with Gasteiger partial charge in [0.1, 0.15) is 17.7 Å². The molecule has 1 atom stereocenters. The van der Waals surface area contributed by atoms with Crippen LogP contribution in [0.3, 0.4) is 0 Å². The summed E-state index contributed by atoms with van der Waals surface area (Å²) in [6, 6.07) is 12.5. The van der Waals surface area contributed by atoms with Gasteiger partial charge in [0.05, 0.1) is 10.5 Å². The minimum Gasteiger partial charge on any atom is -0.508 e. The van der Waals surface area contributed by atoms with Crippen molar-refractivity contribution in [2.75, 3.05) is 0 Å². The molecule has 1 unspecified atom stereocenters. The summed E-state index contributed by atoms with van der Waals surface area (Å²) in [4.78, 5) is 4.45. The number of hydrogen-bond acceptors (Lipinski definition) is 6. The summed E-state index contributed by atoms with van der Waals surface area (Å²) >= 11 is 0. The Labute approximate surface area is 195 Å². The van der Waals surface area contributed by atoms with Crippen molar-refractivity contribution in [2.24, 2.45) is 0 Å². The van der Waals surface area contributed by atoms with Crippen molar-refractivity contribution in [3.8, 4) is 17.4 Å². The maximum absolute atomic E-state index is 12.8. The molecule has 0 spiro atoms. The summed E-state index contributed by atoms with van der Waals surface area (Å²) in [5.41, 5.74) is 3.50. The molecule has 0 aliphatic rings. The topological polar surface area (TPSA) is 109 Å². The van der Waals surface area contributed by atoms with E-state index in [1.807, 2.05) is 53.7 Å². The second-order valence-electron chi connectivity index (χ2n) is 9.19. The van der Waals surface area contributed by atoms with Crippen LogP contribution in [0, 0.1) is 20.8 Å². The zero-order valence-corrected chi connectivity index (χ0v) is 20.5. The SMILES string of the molecule is Cc1cc(C)c(Oc2nc(C(C)(C)C)ccc2C(O)NS(=O)(=O)c2cccc(O)c2)c(C)c1. The van der Waals surface area contributed by atoms with Gasteiger partial charge in [-0.15, -0.1) is 0 Å². The lowest BCUT2D eigenvalue weighted by molar-refractivity contribution is 0.162. The van der Waals surface area contributed by atoms with Crippen molar-refractivity contribution in [2.45, 2.75) is 58.1 Å². The van der Waals surface area contributed by atoms with E-state index in [-0.39, 0.29) is 27.5 Å². The van der Waals surface area contributed by atoms with Crippen LogP contribution in [-0.4, -0.2) is 23.6 Å². The number of aliphatic hydroxyl groups excluding tert-OH is 1. The first-order valence-corrected chi connectivity index (χ1v) is 12.0. The van der Waals surface area contributed by atoms with Gasteiger partial charge in [0.25, 0.3) is 0 Å². The molecule has 0 radical (unpaired) electrons. The maximum Gasteiger partial charge on any atom is 0.243 e. The molecule has 176 valence electrons. The summed E-state index contributed by atoms with van der Waals surface area (Å²) in [5.74, 6) is 0.518. The minimum atomic E-state index is -4.12. The highest BCUT2D eigenvalue weighted by Crippen LogP contribution is 2.35. The van der Waals surface area contributed by atoms with Crippen LogP contribution < -0.4 is 9.46 Å². The fraction of sp³-hybridized carbons (Fsp3) is 0.320. The molecule has 3 rings (SSSR count). The number of aryl methyl sites for hydroxylation is 3. The van der Waals surface area contributed by atoms with Gasteiger partial charge in [-0.3, -0.25) is 0 Å². The van der Waals surface area contributed by atoms with Crippen molar-refractivity contribution in [1.29, 1.82) is 0 Å². The highest BCUT2D eigenvalue weighted by molar-refractivity contribution is 7.89. The molecular formula is C25H30N2O5S. The lowest BCUT2D eigenvalue weighted by Gasteiger charge is -2.23. The number of aromatic nitrogens is 1. The second kappa shape index (κ2) is 9.13. The Morgan fingerprint density at radius 2 is 1.64 bits per heavy atom. The van der Waals surface area contributed by atoms with Crippen molar-refractivity contribution in [3.63, 3.8) is 0 Å². The lowest BCUT2D eigenvalue weighted by Crippen LogP contribution is -2.29. The molecule has 3 N–H and O–H groups in total. The molecule has 3 aromatic rings. The minimum absolute atomic E-state index is 0.114.